The average Bonchev–Trinajstić information content (AvgIpc) is 2.99. The van der Waals surface area contributed by atoms with Gasteiger partial charge in [-0.2, -0.15) is 0 Å². The first-order valence-corrected chi connectivity index (χ1v) is 7.41. The van der Waals surface area contributed by atoms with Crippen LogP contribution in [0.4, 0.5) is 0 Å². The lowest BCUT2D eigenvalue weighted by atomic mass is 10.3. The Kier molecular flexibility index (Phi) is 6.16. The second-order valence-corrected chi connectivity index (χ2v) is 4.93. The molecule has 0 amide bonds. The molecule has 0 fully saturated rings. The van der Waals surface area contributed by atoms with Crippen molar-refractivity contribution < 1.29 is 13.9 Å². The minimum atomic E-state index is 0.0475. The lowest BCUT2D eigenvalue weighted by molar-refractivity contribution is 0.200. The minimum Gasteiger partial charge on any atom is -0.490 e. The molecule has 0 aliphatic carbocycles. The minimum absolute atomic E-state index is 0.0475. The summed E-state index contributed by atoms with van der Waals surface area (Å²) in [5, 5.41) is 3.31. The summed E-state index contributed by atoms with van der Waals surface area (Å²) in [5.74, 6) is 2.52. The number of rotatable bonds is 9. The second-order valence-electron chi connectivity index (χ2n) is 4.93. The number of ether oxygens (including phenoxy) is 2. The van der Waals surface area contributed by atoms with E-state index in [9.17, 15) is 0 Å². The predicted molar refractivity (Wildman–Crippen MR) is 82.7 cm³/mol. The van der Waals surface area contributed by atoms with E-state index in [0.29, 0.717) is 13.2 Å². The van der Waals surface area contributed by atoms with Crippen molar-refractivity contribution in [3.05, 3.63) is 48.4 Å². The van der Waals surface area contributed by atoms with E-state index in [-0.39, 0.29) is 6.10 Å². The van der Waals surface area contributed by atoms with Gasteiger partial charge in [-0.15, -0.1) is 0 Å². The van der Waals surface area contributed by atoms with Crippen LogP contribution in [0.2, 0.25) is 0 Å². The van der Waals surface area contributed by atoms with Crippen molar-refractivity contribution in [1.82, 2.24) is 5.32 Å². The van der Waals surface area contributed by atoms with Gasteiger partial charge in [0.2, 0.25) is 0 Å². The van der Waals surface area contributed by atoms with Gasteiger partial charge in [-0.3, -0.25) is 0 Å². The van der Waals surface area contributed by atoms with E-state index in [1.165, 1.54) is 0 Å². The van der Waals surface area contributed by atoms with Crippen LogP contribution in [0.25, 0.3) is 0 Å². The summed E-state index contributed by atoms with van der Waals surface area (Å²) in [6.45, 7) is 6.26. The van der Waals surface area contributed by atoms with Crippen molar-refractivity contribution in [3.8, 4) is 11.5 Å². The number of hydrogen-bond acceptors (Lipinski definition) is 4. The summed E-state index contributed by atoms with van der Waals surface area (Å²) in [6, 6.07) is 11.6. The van der Waals surface area contributed by atoms with Gasteiger partial charge in [0.15, 0.2) is 11.5 Å². The van der Waals surface area contributed by atoms with Crippen molar-refractivity contribution in [2.75, 3.05) is 13.2 Å². The lowest BCUT2D eigenvalue weighted by Crippen LogP contribution is -2.28. The van der Waals surface area contributed by atoms with Gasteiger partial charge in [-0.05, 0) is 37.6 Å². The molecular formula is C17H23NO3. The molecule has 0 bridgehead atoms. The Labute approximate surface area is 126 Å². The van der Waals surface area contributed by atoms with Crippen molar-refractivity contribution in [2.24, 2.45) is 0 Å². The predicted octanol–water partition coefficient (Wildman–Crippen LogP) is 3.63. The van der Waals surface area contributed by atoms with Gasteiger partial charge >= 0.3 is 0 Å². The fraction of sp³-hybridized carbons (Fsp3) is 0.412. The van der Waals surface area contributed by atoms with Crippen molar-refractivity contribution in [1.29, 1.82) is 0 Å². The largest absolute Gasteiger partial charge is 0.490 e. The Bertz CT molecular complexity index is 511. The molecule has 1 aromatic carbocycles. The Morgan fingerprint density at radius 2 is 1.95 bits per heavy atom. The Balaban J connectivity index is 1.80. The summed E-state index contributed by atoms with van der Waals surface area (Å²) in [6.07, 6.45) is 2.71. The van der Waals surface area contributed by atoms with E-state index >= 15 is 0 Å². The van der Waals surface area contributed by atoms with Crippen LogP contribution >= 0.6 is 0 Å². The lowest BCUT2D eigenvalue weighted by Gasteiger charge is -2.17. The molecule has 1 heterocycles. The Hall–Kier alpha value is -1.94. The molecule has 0 saturated heterocycles. The van der Waals surface area contributed by atoms with Crippen LogP contribution in [-0.4, -0.2) is 19.3 Å². The van der Waals surface area contributed by atoms with Crippen LogP contribution in [0.3, 0.4) is 0 Å². The topological polar surface area (TPSA) is 43.6 Å². The molecular weight excluding hydrogens is 266 g/mol. The van der Waals surface area contributed by atoms with Crippen molar-refractivity contribution >= 4 is 0 Å². The molecule has 0 spiro atoms. The number of benzene rings is 1. The number of nitrogens with one attached hydrogen (secondary N) is 1. The fourth-order valence-corrected chi connectivity index (χ4v) is 1.95. The first kappa shape index (κ1) is 15.4. The first-order valence-electron chi connectivity index (χ1n) is 7.41. The summed E-state index contributed by atoms with van der Waals surface area (Å²) >= 11 is 0. The maximum Gasteiger partial charge on any atom is 0.161 e. The van der Waals surface area contributed by atoms with E-state index in [2.05, 4.69) is 12.2 Å². The van der Waals surface area contributed by atoms with E-state index < -0.39 is 0 Å². The maximum absolute atomic E-state index is 5.94. The number of para-hydroxylation sites is 2. The highest BCUT2D eigenvalue weighted by atomic mass is 16.5. The van der Waals surface area contributed by atoms with Crippen LogP contribution in [0.15, 0.2) is 47.1 Å². The Morgan fingerprint density at radius 1 is 1.14 bits per heavy atom. The fourth-order valence-electron chi connectivity index (χ4n) is 1.95. The van der Waals surface area contributed by atoms with Crippen LogP contribution in [-0.2, 0) is 6.54 Å². The molecule has 0 aliphatic heterocycles. The number of hydrogen-bond donors (Lipinski definition) is 1. The molecule has 1 unspecified atom stereocenters. The third-order valence-corrected chi connectivity index (χ3v) is 2.95. The molecule has 2 aromatic rings. The quantitative estimate of drug-likeness (QED) is 0.765. The van der Waals surface area contributed by atoms with Gasteiger partial charge in [0, 0.05) is 6.54 Å². The SMILES string of the molecule is CCCOc1ccccc1OC(C)CNCc1ccco1. The zero-order valence-electron chi connectivity index (χ0n) is 12.7. The molecule has 0 radical (unpaired) electrons. The van der Waals surface area contributed by atoms with E-state index in [1.54, 1.807) is 6.26 Å². The zero-order chi connectivity index (χ0) is 14.9. The van der Waals surface area contributed by atoms with Crippen LogP contribution in [0.5, 0.6) is 11.5 Å². The van der Waals surface area contributed by atoms with Gasteiger partial charge in [0.25, 0.3) is 0 Å². The summed E-state index contributed by atoms with van der Waals surface area (Å²) in [5.41, 5.74) is 0. The van der Waals surface area contributed by atoms with Gasteiger partial charge in [-0.25, -0.2) is 0 Å². The molecule has 4 heteroatoms. The summed E-state index contributed by atoms with van der Waals surface area (Å²) < 4.78 is 16.9. The third-order valence-electron chi connectivity index (χ3n) is 2.95. The van der Waals surface area contributed by atoms with Gasteiger partial charge in [-0.1, -0.05) is 19.1 Å². The zero-order valence-corrected chi connectivity index (χ0v) is 12.7. The van der Waals surface area contributed by atoms with E-state index in [4.69, 9.17) is 13.9 Å². The highest BCUT2D eigenvalue weighted by Crippen LogP contribution is 2.27. The average molecular weight is 289 g/mol. The van der Waals surface area contributed by atoms with E-state index in [1.807, 2.05) is 43.3 Å². The first-order chi connectivity index (χ1) is 10.3. The van der Waals surface area contributed by atoms with Crippen LogP contribution < -0.4 is 14.8 Å². The second kappa shape index (κ2) is 8.37. The highest BCUT2D eigenvalue weighted by molar-refractivity contribution is 5.39. The van der Waals surface area contributed by atoms with E-state index in [0.717, 1.165) is 30.2 Å². The van der Waals surface area contributed by atoms with Crippen LogP contribution in [0, 0.1) is 0 Å². The number of furan rings is 1. The van der Waals surface area contributed by atoms with Gasteiger partial charge in [0.05, 0.1) is 19.4 Å². The van der Waals surface area contributed by atoms with Crippen LogP contribution in [0.1, 0.15) is 26.0 Å². The van der Waals surface area contributed by atoms with Gasteiger partial charge in [0.1, 0.15) is 11.9 Å². The molecule has 4 nitrogen and oxygen atoms in total. The Morgan fingerprint density at radius 3 is 2.67 bits per heavy atom. The molecule has 1 aromatic heterocycles. The molecule has 21 heavy (non-hydrogen) atoms. The standard InChI is InChI=1S/C17H23NO3/c1-3-10-20-16-8-4-5-9-17(16)21-14(2)12-18-13-15-7-6-11-19-15/h4-9,11,14,18H,3,10,12-13H2,1-2H3. The molecule has 1 N–H and O–H groups in total. The summed E-state index contributed by atoms with van der Waals surface area (Å²) in [4.78, 5) is 0. The van der Waals surface area contributed by atoms with Crippen molar-refractivity contribution in [3.63, 3.8) is 0 Å². The highest BCUT2D eigenvalue weighted by Gasteiger charge is 2.09. The third kappa shape index (κ3) is 5.16. The normalized spacial score (nSPS) is 12.1. The molecule has 2 rings (SSSR count). The molecule has 0 saturated carbocycles. The molecule has 0 aliphatic rings. The molecule has 114 valence electrons. The summed E-state index contributed by atoms with van der Waals surface area (Å²) in [7, 11) is 0. The van der Waals surface area contributed by atoms with Crippen molar-refractivity contribution in [2.45, 2.75) is 32.9 Å². The van der Waals surface area contributed by atoms with Gasteiger partial charge < -0.3 is 19.2 Å². The smallest absolute Gasteiger partial charge is 0.161 e. The molecule has 1 atom stereocenters. The monoisotopic (exact) mass is 289 g/mol. The maximum atomic E-state index is 5.94.